The molecule has 0 aromatic carbocycles. The molecule has 4 rings (SSSR count). The molecule has 0 aromatic heterocycles. The van der Waals surface area contributed by atoms with Crippen molar-refractivity contribution in [3.05, 3.63) is 11.6 Å². The van der Waals surface area contributed by atoms with Crippen LogP contribution in [-0.2, 0) is 4.79 Å². The van der Waals surface area contributed by atoms with E-state index in [1.165, 1.54) is 38.5 Å². The van der Waals surface area contributed by atoms with Crippen LogP contribution in [0.1, 0.15) is 125 Å². The smallest absolute Gasteiger partial charge is 0.222 e. The summed E-state index contributed by atoms with van der Waals surface area (Å²) in [5.74, 6) is 4.30. The number of hydrogen-bond donors (Lipinski definition) is 1. The van der Waals surface area contributed by atoms with Gasteiger partial charge >= 0.3 is 0 Å². The lowest BCUT2D eigenvalue weighted by atomic mass is 9.47. The fourth-order valence-corrected chi connectivity index (χ4v) is 9.39. The highest BCUT2D eigenvalue weighted by molar-refractivity contribution is 5.76. The lowest BCUT2D eigenvalue weighted by Crippen LogP contribution is -2.50. The topological polar surface area (TPSA) is 40.5 Å². The van der Waals surface area contributed by atoms with Crippen molar-refractivity contribution < 1.29 is 9.90 Å². The summed E-state index contributed by atoms with van der Waals surface area (Å²) in [5.41, 5.74) is 2.36. The Bertz CT molecular complexity index is 753. The molecule has 0 heterocycles. The van der Waals surface area contributed by atoms with Crippen molar-refractivity contribution in [3.8, 4) is 0 Å². The van der Waals surface area contributed by atoms with E-state index in [2.05, 4.69) is 45.6 Å². The second-order valence-electron chi connectivity index (χ2n) is 13.5. The Labute approximate surface area is 216 Å². The summed E-state index contributed by atoms with van der Waals surface area (Å²) in [6.45, 7) is 14.0. The van der Waals surface area contributed by atoms with E-state index in [9.17, 15) is 9.90 Å². The van der Waals surface area contributed by atoms with Crippen molar-refractivity contribution in [2.75, 3.05) is 13.1 Å². The van der Waals surface area contributed by atoms with Crippen LogP contribution in [0.15, 0.2) is 11.6 Å². The van der Waals surface area contributed by atoms with E-state index in [4.69, 9.17) is 0 Å². The summed E-state index contributed by atoms with van der Waals surface area (Å²) in [6.07, 6.45) is 18.6. The number of aliphatic hydroxyl groups excluding tert-OH is 1. The number of aliphatic hydroxyl groups is 1. The lowest BCUT2D eigenvalue weighted by molar-refractivity contribution is -0.132. The van der Waals surface area contributed by atoms with Crippen molar-refractivity contribution in [2.45, 2.75) is 131 Å². The molecule has 1 amide bonds. The molecule has 0 aromatic rings. The molecule has 3 nitrogen and oxygen atoms in total. The predicted molar refractivity (Wildman–Crippen MR) is 146 cm³/mol. The normalized spacial score (nSPS) is 39.3. The van der Waals surface area contributed by atoms with Crippen LogP contribution in [0, 0.1) is 40.4 Å². The minimum atomic E-state index is -0.112. The van der Waals surface area contributed by atoms with E-state index in [-0.39, 0.29) is 6.10 Å². The molecule has 1 N–H and O–H groups in total. The SMILES string of the molecule is CCCCN(CCCC)C(=O)CC[C@@H](C)[C@H]1CC[C@H]2[C@@H]3CC=C4C[C@@H](O)CC[C@]4(C)[C@H]3CC[C@]12C. The maximum Gasteiger partial charge on any atom is 0.222 e. The van der Waals surface area contributed by atoms with Crippen molar-refractivity contribution in [3.63, 3.8) is 0 Å². The molecular weight excluding hydrogens is 430 g/mol. The molecule has 0 spiro atoms. The third kappa shape index (κ3) is 5.27. The molecule has 0 saturated heterocycles. The van der Waals surface area contributed by atoms with Crippen LogP contribution in [-0.4, -0.2) is 35.1 Å². The van der Waals surface area contributed by atoms with Gasteiger partial charge in [-0.25, -0.2) is 0 Å². The number of nitrogens with zero attached hydrogens (tertiary/aromatic N) is 1. The Morgan fingerprint density at radius 2 is 1.77 bits per heavy atom. The van der Waals surface area contributed by atoms with Gasteiger partial charge in [0, 0.05) is 19.5 Å². The number of hydrogen-bond acceptors (Lipinski definition) is 2. The fraction of sp³-hybridized carbons (Fsp3) is 0.906. The first kappa shape index (κ1) is 27.2. The second-order valence-corrected chi connectivity index (χ2v) is 13.5. The van der Waals surface area contributed by atoms with Gasteiger partial charge < -0.3 is 10.0 Å². The first-order valence-electron chi connectivity index (χ1n) is 15.4. The zero-order valence-electron chi connectivity index (χ0n) is 23.7. The predicted octanol–water partition coefficient (Wildman–Crippen LogP) is 7.77. The molecule has 0 bridgehead atoms. The Morgan fingerprint density at radius 1 is 1.06 bits per heavy atom. The maximum absolute atomic E-state index is 13.1. The molecule has 3 heteroatoms. The van der Waals surface area contributed by atoms with Crippen molar-refractivity contribution in [1.29, 1.82) is 0 Å². The molecule has 200 valence electrons. The summed E-state index contributed by atoms with van der Waals surface area (Å²) in [6, 6.07) is 0. The molecule has 0 radical (unpaired) electrons. The number of unbranched alkanes of at least 4 members (excludes halogenated alkanes) is 2. The highest BCUT2D eigenvalue weighted by atomic mass is 16.3. The van der Waals surface area contributed by atoms with Gasteiger partial charge in [-0.2, -0.15) is 0 Å². The number of fused-ring (bicyclic) bond motifs is 5. The highest BCUT2D eigenvalue weighted by Gasteiger charge is 2.59. The maximum atomic E-state index is 13.1. The molecule has 4 aliphatic rings. The van der Waals surface area contributed by atoms with E-state index >= 15 is 0 Å². The number of carbonyl (C=O) groups is 1. The van der Waals surface area contributed by atoms with Gasteiger partial charge in [-0.15, -0.1) is 0 Å². The standard InChI is InChI=1S/C32H55NO2/c1-6-8-20-33(21-9-7-2)30(35)15-10-23(3)27-13-14-28-26-12-11-24-22-25(34)16-18-31(24,4)29(26)17-19-32(27,28)5/h11,23,25-29,34H,6-10,12-22H2,1-5H3/t23-,25+,26+,27-,28+,29+,31+,32-/m1/s1. The molecule has 3 fully saturated rings. The number of allylic oxidation sites excluding steroid dienone is 1. The van der Waals surface area contributed by atoms with E-state index in [1.807, 2.05) is 0 Å². The third-order valence-corrected chi connectivity index (χ3v) is 11.6. The van der Waals surface area contributed by atoms with Crippen molar-refractivity contribution in [2.24, 2.45) is 40.4 Å². The fourth-order valence-electron chi connectivity index (χ4n) is 9.39. The summed E-state index contributed by atoms with van der Waals surface area (Å²) in [7, 11) is 0. The minimum absolute atomic E-state index is 0.112. The van der Waals surface area contributed by atoms with E-state index < -0.39 is 0 Å². The molecule has 8 atom stereocenters. The number of carbonyl (C=O) groups excluding carboxylic acids is 1. The molecule has 0 aliphatic heterocycles. The van der Waals surface area contributed by atoms with Gasteiger partial charge in [-0.05, 0) is 111 Å². The number of amides is 1. The first-order valence-corrected chi connectivity index (χ1v) is 15.4. The van der Waals surface area contributed by atoms with Crippen LogP contribution in [0.3, 0.4) is 0 Å². The third-order valence-electron chi connectivity index (χ3n) is 11.6. The molecular formula is C32H55NO2. The van der Waals surface area contributed by atoms with Crippen LogP contribution in [0.2, 0.25) is 0 Å². The van der Waals surface area contributed by atoms with E-state index in [0.717, 1.165) is 88.1 Å². The largest absolute Gasteiger partial charge is 0.393 e. The zero-order chi connectivity index (χ0) is 25.2. The Morgan fingerprint density at radius 3 is 2.46 bits per heavy atom. The van der Waals surface area contributed by atoms with Gasteiger partial charge in [0.25, 0.3) is 0 Å². The molecule has 3 saturated carbocycles. The average molecular weight is 486 g/mol. The van der Waals surface area contributed by atoms with E-state index in [0.29, 0.717) is 22.7 Å². The number of rotatable bonds is 10. The van der Waals surface area contributed by atoms with Crippen LogP contribution in [0.25, 0.3) is 0 Å². The van der Waals surface area contributed by atoms with Gasteiger partial charge in [-0.3, -0.25) is 4.79 Å². The van der Waals surface area contributed by atoms with Gasteiger partial charge in [0.2, 0.25) is 5.91 Å². The minimum Gasteiger partial charge on any atom is -0.393 e. The van der Waals surface area contributed by atoms with Crippen LogP contribution >= 0.6 is 0 Å². The lowest BCUT2D eigenvalue weighted by Gasteiger charge is -2.58. The first-order chi connectivity index (χ1) is 16.7. The molecule has 0 unspecified atom stereocenters. The van der Waals surface area contributed by atoms with Crippen LogP contribution < -0.4 is 0 Å². The Hall–Kier alpha value is -0.830. The van der Waals surface area contributed by atoms with Gasteiger partial charge in [0.15, 0.2) is 0 Å². The summed E-state index contributed by atoms with van der Waals surface area (Å²) in [5, 5.41) is 10.3. The van der Waals surface area contributed by atoms with Crippen LogP contribution in [0.4, 0.5) is 0 Å². The second kappa shape index (κ2) is 11.3. The van der Waals surface area contributed by atoms with Crippen molar-refractivity contribution in [1.82, 2.24) is 4.90 Å². The van der Waals surface area contributed by atoms with Gasteiger partial charge in [0.05, 0.1) is 6.10 Å². The van der Waals surface area contributed by atoms with Crippen LogP contribution in [0.5, 0.6) is 0 Å². The van der Waals surface area contributed by atoms with E-state index in [1.54, 1.807) is 5.57 Å². The van der Waals surface area contributed by atoms with Gasteiger partial charge in [0.1, 0.15) is 0 Å². The van der Waals surface area contributed by atoms with Crippen molar-refractivity contribution >= 4 is 5.91 Å². The summed E-state index contributed by atoms with van der Waals surface area (Å²) in [4.78, 5) is 15.3. The summed E-state index contributed by atoms with van der Waals surface area (Å²) < 4.78 is 0. The quantitative estimate of drug-likeness (QED) is 0.321. The summed E-state index contributed by atoms with van der Waals surface area (Å²) >= 11 is 0. The monoisotopic (exact) mass is 485 g/mol. The Kier molecular flexibility index (Phi) is 8.77. The molecule has 4 aliphatic carbocycles. The molecule has 35 heavy (non-hydrogen) atoms. The average Bonchev–Trinajstić information content (AvgIpc) is 3.20. The Balaban J connectivity index is 1.39. The highest BCUT2D eigenvalue weighted by Crippen LogP contribution is 2.67. The van der Waals surface area contributed by atoms with Gasteiger partial charge in [-0.1, -0.05) is 59.1 Å². The zero-order valence-corrected chi connectivity index (χ0v) is 23.7.